The molecule has 0 aliphatic carbocycles. The fourth-order valence-corrected chi connectivity index (χ4v) is 2.25. The number of nitrogens with one attached hydrogen (secondary N) is 1. The lowest BCUT2D eigenvalue weighted by atomic mass is 10.0. The number of nitro groups is 1. The number of fused-ring (bicyclic) bond motifs is 1. The quantitative estimate of drug-likeness (QED) is 0.586. The van der Waals surface area contributed by atoms with Gasteiger partial charge in [-0.25, -0.2) is 9.97 Å². The van der Waals surface area contributed by atoms with Gasteiger partial charge in [0, 0.05) is 30.4 Å². The number of pyridine rings is 1. The molecule has 0 radical (unpaired) electrons. The maximum atomic E-state index is 11.4. The first-order chi connectivity index (χ1) is 10.2. The molecule has 0 saturated heterocycles. The smallest absolute Gasteiger partial charge is 0.337 e. The van der Waals surface area contributed by atoms with Crippen LogP contribution in [0.5, 0.6) is 0 Å². The largest absolute Gasteiger partial charge is 0.367 e. The Morgan fingerprint density at radius 1 is 1.24 bits per heavy atom. The molecule has 0 aliphatic heterocycles. The molecule has 3 aromatic rings. The third kappa shape index (κ3) is 2.14. The van der Waals surface area contributed by atoms with Crippen molar-refractivity contribution in [2.75, 3.05) is 12.4 Å². The molecule has 0 amide bonds. The highest BCUT2D eigenvalue weighted by Crippen LogP contribution is 2.35. The lowest BCUT2D eigenvalue weighted by Gasteiger charge is -2.08. The van der Waals surface area contributed by atoms with Crippen LogP contribution in [0.1, 0.15) is 0 Å². The van der Waals surface area contributed by atoms with Crippen LogP contribution >= 0.6 is 0 Å². The van der Waals surface area contributed by atoms with E-state index in [1.807, 2.05) is 18.2 Å². The van der Waals surface area contributed by atoms with E-state index < -0.39 is 4.92 Å². The minimum absolute atomic E-state index is 0.142. The van der Waals surface area contributed by atoms with Crippen LogP contribution in [-0.2, 0) is 0 Å². The van der Waals surface area contributed by atoms with Gasteiger partial charge in [0.25, 0.3) is 0 Å². The first-order valence-electron chi connectivity index (χ1n) is 6.22. The maximum absolute atomic E-state index is 11.4. The SMILES string of the molecule is CNc1ncnc(-c2cccc3ccncc23)c1[N+](=O)[O-]. The molecular formula is C14H11N5O2. The summed E-state index contributed by atoms with van der Waals surface area (Å²) >= 11 is 0. The van der Waals surface area contributed by atoms with Crippen molar-refractivity contribution in [3.8, 4) is 11.3 Å². The Kier molecular flexibility index (Phi) is 3.15. The first kappa shape index (κ1) is 12.9. The molecule has 0 fully saturated rings. The summed E-state index contributed by atoms with van der Waals surface area (Å²) in [6.45, 7) is 0. The highest BCUT2D eigenvalue weighted by atomic mass is 16.6. The summed E-state index contributed by atoms with van der Waals surface area (Å²) in [7, 11) is 1.59. The molecule has 3 rings (SSSR count). The number of nitrogens with zero attached hydrogens (tertiary/aromatic N) is 4. The minimum atomic E-state index is -0.476. The van der Waals surface area contributed by atoms with Crippen LogP contribution in [0.15, 0.2) is 43.0 Å². The van der Waals surface area contributed by atoms with Crippen molar-refractivity contribution in [1.29, 1.82) is 0 Å². The van der Waals surface area contributed by atoms with Crippen LogP contribution < -0.4 is 5.32 Å². The van der Waals surface area contributed by atoms with Crippen LogP contribution in [0.4, 0.5) is 11.5 Å². The molecule has 1 aromatic carbocycles. The molecule has 0 bridgehead atoms. The Hall–Kier alpha value is -3.09. The third-order valence-corrected chi connectivity index (χ3v) is 3.18. The van der Waals surface area contributed by atoms with Crippen LogP contribution in [0.3, 0.4) is 0 Å². The lowest BCUT2D eigenvalue weighted by molar-refractivity contribution is -0.383. The van der Waals surface area contributed by atoms with E-state index >= 15 is 0 Å². The third-order valence-electron chi connectivity index (χ3n) is 3.18. The summed E-state index contributed by atoms with van der Waals surface area (Å²) in [5.41, 5.74) is 0.792. The van der Waals surface area contributed by atoms with Gasteiger partial charge in [-0.05, 0) is 11.5 Å². The Morgan fingerprint density at radius 3 is 2.86 bits per heavy atom. The molecule has 7 heteroatoms. The highest BCUT2D eigenvalue weighted by Gasteiger charge is 2.24. The van der Waals surface area contributed by atoms with Crippen molar-refractivity contribution in [2.24, 2.45) is 0 Å². The molecule has 21 heavy (non-hydrogen) atoms. The molecule has 0 aliphatic rings. The molecule has 2 heterocycles. The second-order valence-electron chi connectivity index (χ2n) is 4.33. The molecule has 0 unspecified atom stereocenters. The molecule has 104 valence electrons. The van der Waals surface area contributed by atoms with Gasteiger partial charge in [-0.2, -0.15) is 0 Å². The fraction of sp³-hybridized carbons (Fsp3) is 0.0714. The molecule has 0 atom stereocenters. The monoisotopic (exact) mass is 281 g/mol. The van der Waals surface area contributed by atoms with Gasteiger partial charge in [-0.1, -0.05) is 18.2 Å². The predicted molar refractivity (Wildman–Crippen MR) is 79.0 cm³/mol. The van der Waals surface area contributed by atoms with Crippen molar-refractivity contribution in [3.63, 3.8) is 0 Å². The normalized spacial score (nSPS) is 10.5. The van der Waals surface area contributed by atoms with E-state index in [-0.39, 0.29) is 17.2 Å². The van der Waals surface area contributed by atoms with Gasteiger partial charge < -0.3 is 5.32 Å². The molecule has 0 saturated carbocycles. The molecular weight excluding hydrogens is 270 g/mol. The number of hydrogen-bond donors (Lipinski definition) is 1. The average molecular weight is 281 g/mol. The van der Waals surface area contributed by atoms with E-state index in [0.717, 1.165) is 10.8 Å². The fourth-order valence-electron chi connectivity index (χ4n) is 2.25. The molecule has 7 nitrogen and oxygen atoms in total. The number of anilines is 1. The summed E-state index contributed by atoms with van der Waals surface area (Å²) in [5, 5.41) is 15.9. The van der Waals surface area contributed by atoms with Gasteiger partial charge in [0.1, 0.15) is 6.33 Å². The van der Waals surface area contributed by atoms with E-state index in [9.17, 15) is 10.1 Å². The van der Waals surface area contributed by atoms with Crippen molar-refractivity contribution in [1.82, 2.24) is 15.0 Å². The zero-order valence-electron chi connectivity index (χ0n) is 11.1. The first-order valence-corrected chi connectivity index (χ1v) is 6.22. The van der Waals surface area contributed by atoms with Crippen LogP contribution in [0.2, 0.25) is 0 Å². The maximum Gasteiger partial charge on any atom is 0.337 e. The Balaban J connectivity index is 2.36. The summed E-state index contributed by atoms with van der Waals surface area (Å²) in [4.78, 5) is 23.0. The summed E-state index contributed by atoms with van der Waals surface area (Å²) in [5.74, 6) is 0.186. The number of benzene rings is 1. The van der Waals surface area contributed by atoms with Crippen LogP contribution in [0.25, 0.3) is 22.0 Å². The second kappa shape index (κ2) is 5.12. The molecule has 2 aromatic heterocycles. The number of hydrogen-bond acceptors (Lipinski definition) is 6. The Labute approximate surface area is 119 Å². The van der Waals surface area contributed by atoms with Gasteiger partial charge >= 0.3 is 5.69 Å². The zero-order valence-corrected chi connectivity index (χ0v) is 11.1. The molecule has 0 spiro atoms. The summed E-state index contributed by atoms with van der Waals surface area (Å²) in [6.07, 6.45) is 4.67. The van der Waals surface area contributed by atoms with Gasteiger partial charge in [0.05, 0.1) is 4.92 Å². The van der Waals surface area contributed by atoms with Gasteiger partial charge in [0.15, 0.2) is 5.69 Å². The van der Waals surface area contributed by atoms with Crippen LogP contribution in [-0.4, -0.2) is 26.9 Å². The van der Waals surface area contributed by atoms with E-state index in [1.165, 1.54) is 6.33 Å². The van der Waals surface area contributed by atoms with E-state index in [4.69, 9.17) is 0 Å². The topological polar surface area (TPSA) is 93.8 Å². The van der Waals surface area contributed by atoms with Gasteiger partial charge in [-0.3, -0.25) is 15.1 Å². The minimum Gasteiger partial charge on any atom is -0.367 e. The van der Waals surface area contributed by atoms with E-state index in [0.29, 0.717) is 5.56 Å². The van der Waals surface area contributed by atoms with Gasteiger partial charge in [0.2, 0.25) is 5.82 Å². The zero-order chi connectivity index (χ0) is 14.8. The summed E-state index contributed by atoms with van der Waals surface area (Å²) in [6, 6.07) is 7.40. The highest BCUT2D eigenvalue weighted by molar-refractivity contribution is 5.97. The summed E-state index contributed by atoms with van der Waals surface area (Å²) < 4.78 is 0. The van der Waals surface area contributed by atoms with E-state index in [2.05, 4.69) is 20.3 Å². The lowest BCUT2D eigenvalue weighted by Crippen LogP contribution is -2.03. The average Bonchev–Trinajstić information content (AvgIpc) is 2.53. The predicted octanol–water partition coefficient (Wildman–Crippen LogP) is 2.64. The van der Waals surface area contributed by atoms with E-state index in [1.54, 1.807) is 25.5 Å². The molecule has 1 N–H and O–H groups in total. The number of rotatable bonds is 3. The van der Waals surface area contributed by atoms with Crippen molar-refractivity contribution >= 4 is 22.3 Å². The van der Waals surface area contributed by atoms with Crippen molar-refractivity contribution < 1.29 is 4.92 Å². The number of aromatic nitrogens is 3. The Bertz CT molecular complexity index is 829. The second-order valence-corrected chi connectivity index (χ2v) is 4.33. The van der Waals surface area contributed by atoms with Crippen molar-refractivity contribution in [3.05, 3.63) is 53.1 Å². The standard InChI is InChI=1S/C14H11N5O2/c1-15-14-13(19(20)21)12(17-8-18-14)10-4-2-3-9-5-6-16-7-11(9)10/h2-8H,1H3,(H,15,17,18). The van der Waals surface area contributed by atoms with Crippen LogP contribution in [0, 0.1) is 10.1 Å². The Morgan fingerprint density at radius 2 is 2.10 bits per heavy atom. The van der Waals surface area contributed by atoms with Gasteiger partial charge in [-0.15, -0.1) is 0 Å². The van der Waals surface area contributed by atoms with Crippen molar-refractivity contribution in [2.45, 2.75) is 0 Å².